The van der Waals surface area contributed by atoms with Crippen molar-refractivity contribution in [1.29, 1.82) is 0 Å². The molecule has 0 saturated heterocycles. The summed E-state index contributed by atoms with van der Waals surface area (Å²) >= 11 is 3.33. The minimum absolute atomic E-state index is 0.0239. The fourth-order valence-corrected chi connectivity index (χ4v) is 2.05. The second kappa shape index (κ2) is 7.89. The topological polar surface area (TPSA) is 75.6 Å². The molecule has 0 atom stereocenters. The van der Waals surface area contributed by atoms with E-state index in [9.17, 15) is 9.59 Å². The summed E-state index contributed by atoms with van der Waals surface area (Å²) in [6, 6.07) is 5.15. The molecule has 5 nitrogen and oxygen atoms in total. The van der Waals surface area contributed by atoms with Crippen molar-refractivity contribution in [2.24, 2.45) is 0 Å². The van der Waals surface area contributed by atoms with E-state index in [2.05, 4.69) is 21.2 Å². The average molecular weight is 344 g/mol. The Morgan fingerprint density at radius 3 is 2.65 bits per heavy atom. The van der Waals surface area contributed by atoms with Gasteiger partial charge in [-0.2, -0.15) is 0 Å². The van der Waals surface area contributed by atoms with Gasteiger partial charge < -0.3 is 15.2 Å². The van der Waals surface area contributed by atoms with E-state index >= 15 is 0 Å². The third-order valence-corrected chi connectivity index (χ3v) is 2.82. The van der Waals surface area contributed by atoms with E-state index in [1.165, 1.54) is 0 Å². The van der Waals surface area contributed by atoms with Gasteiger partial charge in [0.1, 0.15) is 5.75 Å². The lowest BCUT2D eigenvalue weighted by Gasteiger charge is -2.12. The summed E-state index contributed by atoms with van der Waals surface area (Å²) in [5.74, 6) is -0.496. The predicted octanol–water partition coefficient (Wildman–Crippen LogP) is 2.83. The number of amides is 1. The number of ether oxygens (including phenoxy) is 1. The second-order valence-electron chi connectivity index (χ2n) is 4.60. The number of carbonyl (C=O) groups is 2. The van der Waals surface area contributed by atoms with Gasteiger partial charge in [-0.15, -0.1) is 0 Å². The molecule has 1 aromatic rings. The Kier molecular flexibility index (Phi) is 6.51. The van der Waals surface area contributed by atoms with E-state index in [-0.39, 0.29) is 18.4 Å². The summed E-state index contributed by atoms with van der Waals surface area (Å²) in [6.07, 6.45) is 0.473. The first kappa shape index (κ1) is 16.5. The van der Waals surface area contributed by atoms with Crippen LogP contribution >= 0.6 is 15.9 Å². The van der Waals surface area contributed by atoms with Crippen molar-refractivity contribution in [3.8, 4) is 5.75 Å². The van der Waals surface area contributed by atoms with E-state index in [0.717, 1.165) is 4.47 Å². The molecule has 1 amide bonds. The standard InChI is InChI=1S/C14H18BrNO4/c1-9(2)20-12-7-10(6-11(15)8-12)14(19)16-5-3-4-13(17)18/h6-9H,3-5H2,1-2H3,(H,16,19)(H,17,18). The first-order chi connectivity index (χ1) is 9.38. The van der Waals surface area contributed by atoms with Crippen molar-refractivity contribution in [2.75, 3.05) is 6.54 Å². The van der Waals surface area contributed by atoms with Crippen LogP contribution in [0.3, 0.4) is 0 Å². The molecule has 0 saturated carbocycles. The van der Waals surface area contributed by atoms with Crippen LogP contribution in [0.15, 0.2) is 22.7 Å². The summed E-state index contributed by atoms with van der Waals surface area (Å²) in [6.45, 7) is 4.15. The van der Waals surface area contributed by atoms with Gasteiger partial charge in [0.25, 0.3) is 5.91 Å². The highest BCUT2D eigenvalue weighted by molar-refractivity contribution is 9.10. The summed E-state index contributed by atoms with van der Waals surface area (Å²) in [5.41, 5.74) is 0.477. The van der Waals surface area contributed by atoms with Crippen LogP contribution in [0.5, 0.6) is 5.75 Å². The Morgan fingerprint density at radius 2 is 2.05 bits per heavy atom. The minimum atomic E-state index is -0.866. The smallest absolute Gasteiger partial charge is 0.303 e. The van der Waals surface area contributed by atoms with Gasteiger partial charge in [-0.25, -0.2) is 0 Å². The monoisotopic (exact) mass is 343 g/mol. The maximum Gasteiger partial charge on any atom is 0.303 e. The molecule has 0 heterocycles. The van der Waals surface area contributed by atoms with Crippen molar-refractivity contribution in [3.63, 3.8) is 0 Å². The lowest BCUT2D eigenvalue weighted by Crippen LogP contribution is -2.25. The Hall–Kier alpha value is -1.56. The zero-order valence-corrected chi connectivity index (χ0v) is 13.1. The number of halogens is 1. The first-order valence-electron chi connectivity index (χ1n) is 6.35. The fraction of sp³-hybridized carbons (Fsp3) is 0.429. The molecule has 6 heteroatoms. The van der Waals surface area contributed by atoms with E-state index in [0.29, 0.717) is 24.3 Å². The number of carboxylic acids is 1. The summed E-state index contributed by atoms with van der Waals surface area (Å²) in [4.78, 5) is 22.3. The SMILES string of the molecule is CC(C)Oc1cc(Br)cc(C(=O)NCCCC(=O)O)c1. The Labute approximate surface area is 126 Å². The molecular weight excluding hydrogens is 326 g/mol. The fourth-order valence-electron chi connectivity index (χ4n) is 1.58. The van der Waals surface area contributed by atoms with Gasteiger partial charge in [-0.1, -0.05) is 15.9 Å². The molecule has 0 spiro atoms. The summed E-state index contributed by atoms with van der Waals surface area (Å²) in [7, 11) is 0. The number of benzene rings is 1. The number of rotatable bonds is 7. The molecule has 20 heavy (non-hydrogen) atoms. The van der Waals surface area contributed by atoms with Crippen molar-refractivity contribution >= 4 is 27.8 Å². The van der Waals surface area contributed by atoms with E-state index in [1.807, 2.05) is 13.8 Å². The molecule has 2 N–H and O–H groups in total. The highest BCUT2D eigenvalue weighted by atomic mass is 79.9. The lowest BCUT2D eigenvalue weighted by molar-refractivity contribution is -0.137. The second-order valence-corrected chi connectivity index (χ2v) is 5.51. The number of carbonyl (C=O) groups excluding carboxylic acids is 1. The Bertz CT molecular complexity index is 488. The van der Waals surface area contributed by atoms with Gasteiger partial charge in [0.15, 0.2) is 0 Å². The average Bonchev–Trinajstić information content (AvgIpc) is 2.32. The molecule has 1 rings (SSSR count). The zero-order valence-electron chi connectivity index (χ0n) is 11.5. The molecule has 0 bridgehead atoms. The highest BCUT2D eigenvalue weighted by Crippen LogP contribution is 2.22. The molecule has 0 unspecified atom stereocenters. The van der Waals surface area contributed by atoms with Crippen LogP contribution in [0, 0.1) is 0 Å². The van der Waals surface area contributed by atoms with E-state index in [1.54, 1.807) is 18.2 Å². The van der Waals surface area contributed by atoms with Crippen LogP contribution in [0.4, 0.5) is 0 Å². The predicted molar refractivity (Wildman–Crippen MR) is 79.1 cm³/mol. The maximum absolute atomic E-state index is 11.9. The van der Waals surface area contributed by atoms with Gasteiger partial charge in [-0.3, -0.25) is 9.59 Å². The lowest BCUT2D eigenvalue weighted by atomic mass is 10.2. The number of hydrogen-bond donors (Lipinski definition) is 2. The summed E-state index contributed by atoms with van der Waals surface area (Å²) in [5, 5.41) is 11.2. The van der Waals surface area contributed by atoms with Gasteiger partial charge in [0.2, 0.25) is 0 Å². The largest absolute Gasteiger partial charge is 0.491 e. The molecular formula is C14H18BrNO4. The highest BCUT2D eigenvalue weighted by Gasteiger charge is 2.09. The van der Waals surface area contributed by atoms with E-state index < -0.39 is 5.97 Å². The molecule has 0 aliphatic carbocycles. The Balaban J connectivity index is 2.63. The van der Waals surface area contributed by atoms with Gasteiger partial charge >= 0.3 is 5.97 Å². The maximum atomic E-state index is 11.9. The molecule has 1 aromatic carbocycles. The number of nitrogens with one attached hydrogen (secondary N) is 1. The van der Waals surface area contributed by atoms with Gasteiger partial charge in [0.05, 0.1) is 6.10 Å². The summed E-state index contributed by atoms with van der Waals surface area (Å²) < 4.78 is 6.31. The van der Waals surface area contributed by atoms with Crippen LogP contribution in [0.25, 0.3) is 0 Å². The normalized spacial score (nSPS) is 10.4. The van der Waals surface area contributed by atoms with Crippen molar-refractivity contribution in [3.05, 3.63) is 28.2 Å². The quantitative estimate of drug-likeness (QED) is 0.746. The Morgan fingerprint density at radius 1 is 1.35 bits per heavy atom. The molecule has 0 radical (unpaired) electrons. The third-order valence-electron chi connectivity index (χ3n) is 2.36. The molecule has 0 aromatic heterocycles. The first-order valence-corrected chi connectivity index (χ1v) is 7.15. The number of hydrogen-bond acceptors (Lipinski definition) is 3. The molecule has 0 fully saturated rings. The van der Waals surface area contributed by atoms with Crippen molar-refractivity contribution < 1.29 is 19.4 Å². The van der Waals surface area contributed by atoms with E-state index in [4.69, 9.17) is 9.84 Å². The van der Waals surface area contributed by atoms with Crippen LogP contribution in [-0.4, -0.2) is 29.6 Å². The minimum Gasteiger partial charge on any atom is -0.491 e. The van der Waals surface area contributed by atoms with Gasteiger partial charge in [-0.05, 0) is 38.5 Å². The van der Waals surface area contributed by atoms with Crippen molar-refractivity contribution in [2.45, 2.75) is 32.8 Å². The third kappa shape index (κ3) is 6.06. The van der Waals surface area contributed by atoms with Gasteiger partial charge in [0, 0.05) is 23.0 Å². The molecule has 110 valence electrons. The number of carboxylic acid groups (broad SMARTS) is 1. The van der Waals surface area contributed by atoms with Crippen LogP contribution < -0.4 is 10.1 Å². The molecule has 0 aliphatic heterocycles. The van der Waals surface area contributed by atoms with Crippen molar-refractivity contribution in [1.82, 2.24) is 5.32 Å². The zero-order chi connectivity index (χ0) is 15.1. The number of aliphatic carboxylic acids is 1. The van der Waals surface area contributed by atoms with Crippen LogP contribution in [-0.2, 0) is 4.79 Å². The van der Waals surface area contributed by atoms with Crippen LogP contribution in [0.2, 0.25) is 0 Å². The van der Waals surface area contributed by atoms with Crippen LogP contribution in [0.1, 0.15) is 37.0 Å². The molecule has 0 aliphatic rings.